The summed E-state index contributed by atoms with van der Waals surface area (Å²) in [7, 11) is 0. The first-order valence-electron chi connectivity index (χ1n) is 39.7. The third-order valence-electron chi connectivity index (χ3n) is 25.1. The summed E-state index contributed by atoms with van der Waals surface area (Å²) in [5.41, 5.74) is 0. The van der Waals surface area contributed by atoms with Gasteiger partial charge in [-0.3, -0.25) is 24.0 Å². The molecule has 90 heavy (non-hydrogen) atoms. The van der Waals surface area contributed by atoms with E-state index in [0.717, 1.165) is 218 Å². The number of hydrogen-bond donors (Lipinski definition) is 0. The van der Waals surface area contributed by atoms with E-state index in [1.165, 1.54) is 193 Å². The van der Waals surface area contributed by atoms with Gasteiger partial charge in [0.15, 0.2) is 0 Å². The summed E-state index contributed by atoms with van der Waals surface area (Å²) in [6.07, 6.45) is 49.5. The van der Waals surface area contributed by atoms with Crippen LogP contribution >= 0.6 is 0 Å². The van der Waals surface area contributed by atoms with Crippen molar-refractivity contribution < 1.29 is 24.0 Å². The molecule has 10 rings (SSSR count). The summed E-state index contributed by atoms with van der Waals surface area (Å²) in [6, 6.07) is 0. The molecular formula is C80H145N5O5. The molecule has 0 aromatic rings. The molecule has 5 aliphatic carbocycles. The molecule has 0 spiro atoms. The molecule has 10 aliphatic rings. The number of rotatable bonds is 20. The minimum Gasteiger partial charge on any atom is -0.343 e. The second kappa shape index (κ2) is 42.0. The van der Waals surface area contributed by atoms with Crippen LogP contribution in [-0.4, -0.2) is 119 Å². The van der Waals surface area contributed by atoms with E-state index >= 15 is 0 Å². The van der Waals surface area contributed by atoms with Gasteiger partial charge in [0.25, 0.3) is 0 Å². The van der Waals surface area contributed by atoms with Crippen molar-refractivity contribution >= 4 is 29.5 Å². The lowest BCUT2D eigenvalue weighted by Gasteiger charge is -2.34. The van der Waals surface area contributed by atoms with Crippen molar-refractivity contribution in [3.63, 3.8) is 0 Å². The average Bonchev–Trinajstić information content (AvgIpc) is 3.76. The molecule has 0 aromatic carbocycles. The summed E-state index contributed by atoms with van der Waals surface area (Å²) < 4.78 is 0. The number of carbonyl (C=O) groups excluding carboxylic acids is 5. The van der Waals surface area contributed by atoms with Crippen molar-refractivity contribution in [2.45, 2.75) is 326 Å². The van der Waals surface area contributed by atoms with E-state index in [1.807, 2.05) is 0 Å². The first-order valence-corrected chi connectivity index (χ1v) is 39.7. The highest BCUT2D eigenvalue weighted by Crippen LogP contribution is 2.36. The maximum absolute atomic E-state index is 12.3. The first kappa shape index (κ1) is 76.4. The SMILES string of the molecule is CC(C)C1CCN(C(=O)CCC2CC2)CC1.CC(C)C1CCN(C(=O)CCC2CCC2)CC1.CC(C)C1CCN(C(=O)CCC2CCCC2)CC1.CC(C)C1CCN(C(=O)CCC2CCCCC2)CC1.CC(C)C1CCN(C(=O)CCC2CCCCCC2)CC1. The van der Waals surface area contributed by atoms with Crippen molar-refractivity contribution in [3.05, 3.63) is 0 Å². The quantitative estimate of drug-likeness (QED) is 0.113. The third kappa shape index (κ3) is 28.7. The fourth-order valence-electron chi connectivity index (χ4n) is 17.1. The summed E-state index contributed by atoms with van der Waals surface area (Å²) >= 11 is 0. The van der Waals surface area contributed by atoms with Crippen LogP contribution in [0.3, 0.4) is 0 Å². The molecule has 0 unspecified atom stereocenters. The van der Waals surface area contributed by atoms with Crippen LogP contribution in [0, 0.1) is 88.8 Å². The van der Waals surface area contributed by atoms with E-state index in [2.05, 4.69) is 93.7 Å². The predicted octanol–water partition coefficient (Wildman–Crippen LogP) is 19.3. The highest BCUT2D eigenvalue weighted by Gasteiger charge is 2.31. The van der Waals surface area contributed by atoms with Crippen LogP contribution in [0.15, 0.2) is 0 Å². The van der Waals surface area contributed by atoms with Gasteiger partial charge in [-0.25, -0.2) is 0 Å². The van der Waals surface area contributed by atoms with Crippen molar-refractivity contribution in [1.82, 2.24) is 24.5 Å². The van der Waals surface area contributed by atoms with Crippen LogP contribution in [0.1, 0.15) is 326 Å². The summed E-state index contributed by atoms with van der Waals surface area (Å²) in [5, 5.41) is 0. The summed E-state index contributed by atoms with van der Waals surface area (Å²) in [5.74, 6) is 14.4. The molecule has 10 fully saturated rings. The van der Waals surface area contributed by atoms with Gasteiger partial charge in [0.2, 0.25) is 29.5 Å². The zero-order valence-electron chi connectivity index (χ0n) is 60.8. The van der Waals surface area contributed by atoms with Gasteiger partial charge in [-0.1, -0.05) is 198 Å². The molecule has 5 heterocycles. The van der Waals surface area contributed by atoms with Crippen LogP contribution < -0.4 is 0 Å². The Morgan fingerprint density at radius 1 is 0.222 bits per heavy atom. The van der Waals surface area contributed by atoms with Gasteiger partial charge < -0.3 is 24.5 Å². The molecule has 10 nitrogen and oxygen atoms in total. The van der Waals surface area contributed by atoms with Crippen LogP contribution in [0.25, 0.3) is 0 Å². The van der Waals surface area contributed by atoms with Gasteiger partial charge in [0, 0.05) is 97.6 Å². The van der Waals surface area contributed by atoms with E-state index in [-0.39, 0.29) is 0 Å². The van der Waals surface area contributed by atoms with Crippen LogP contribution in [0.4, 0.5) is 0 Å². The standard InChI is InChI=1S/C18H33NO.C17H31NO.C16H29NO.C15H27NO.C14H25NO/c1-15(2)17-11-13-19(14-12-17)18(20)10-9-16-7-5-3-4-6-8-16;1-14(2)16-10-12-18(13-11-16)17(19)9-8-15-6-4-3-5-7-15;1-13(2)15-9-11-17(12-10-15)16(18)8-7-14-5-3-4-6-14;1-12(2)14-8-10-16(11-9-14)15(17)7-6-13-4-3-5-13;1-11(2)13-7-9-15(10-8-13)14(16)6-5-12-3-4-12/h15-17H,3-14H2,1-2H3;14-16H,3-13H2,1-2H3;13-15H,3-12H2,1-2H3;12-14H,3-11H2,1-2H3;11-13H,3-10H2,1-2H3. The Bertz CT molecular complexity index is 1950. The first-order chi connectivity index (χ1) is 43.3. The molecule has 5 saturated heterocycles. The van der Waals surface area contributed by atoms with E-state index in [1.54, 1.807) is 0 Å². The van der Waals surface area contributed by atoms with Crippen molar-refractivity contribution in [2.75, 3.05) is 65.4 Å². The summed E-state index contributed by atoms with van der Waals surface area (Å²) in [6.45, 7) is 33.1. The normalized spacial score (nSPS) is 22.9. The zero-order valence-corrected chi connectivity index (χ0v) is 60.8. The van der Waals surface area contributed by atoms with Crippen molar-refractivity contribution in [1.29, 1.82) is 0 Å². The fraction of sp³-hybridized carbons (Fsp3) is 0.938. The molecule has 0 N–H and O–H groups in total. The molecule has 0 aromatic heterocycles. The number of hydrogen-bond acceptors (Lipinski definition) is 5. The predicted molar refractivity (Wildman–Crippen MR) is 377 cm³/mol. The number of likely N-dealkylation sites (tertiary alicyclic amines) is 5. The second-order valence-electron chi connectivity index (χ2n) is 33.3. The largest absolute Gasteiger partial charge is 0.343 e. The molecular weight excluding hydrogens is 1110 g/mol. The van der Waals surface area contributed by atoms with Crippen LogP contribution in [-0.2, 0) is 24.0 Å². The van der Waals surface area contributed by atoms with E-state index in [9.17, 15) is 24.0 Å². The molecule has 0 radical (unpaired) electrons. The molecule has 520 valence electrons. The average molecular weight is 1260 g/mol. The molecule has 0 atom stereocenters. The van der Waals surface area contributed by atoms with Gasteiger partial charge >= 0.3 is 0 Å². The molecule has 5 amide bonds. The van der Waals surface area contributed by atoms with Crippen molar-refractivity contribution in [2.24, 2.45) is 88.8 Å². The molecule has 5 aliphatic heterocycles. The Hall–Kier alpha value is -2.65. The fourth-order valence-corrected chi connectivity index (χ4v) is 17.1. The number of carbonyl (C=O) groups is 5. The van der Waals surface area contributed by atoms with Gasteiger partial charge in [-0.15, -0.1) is 0 Å². The minimum atomic E-state index is 0.411. The minimum absolute atomic E-state index is 0.411. The van der Waals surface area contributed by atoms with Gasteiger partial charge in [-0.05, 0) is 185 Å². The highest BCUT2D eigenvalue weighted by molar-refractivity contribution is 5.78. The lowest BCUT2D eigenvalue weighted by molar-refractivity contribution is -0.134. The third-order valence-corrected chi connectivity index (χ3v) is 25.1. The Morgan fingerprint density at radius 2 is 0.378 bits per heavy atom. The Labute approximate surface area is 555 Å². The van der Waals surface area contributed by atoms with Gasteiger partial charge in [-0.2, -0.15) is 0 Å². The van der Waals surface area contributed by atoms with Crippen LogP contribution in [0.2, 0.25) is 0 Å². The Kier molecular flexibility index (Phi) is 35.7. The van der Waals surface area contributed by atoms with Gasteiger partial charge in [0.05, 0.1) is 0 Å². The maximum atomic E-state index is 12.3. The summed E-state index contributed by atoms with van der Waals surface area (Å²) in [4.78, 5) is 71.3. The number of amides is 5. The Morgan fingerprint density at radius 3 is 0.533 bits per heavy atom. The Balaban J connectivity index is 0.000000179. The maximum Gasteiger partial charge on any atom is 0.222 e. The van der Waals surface area contributed by atoms with Crippen molar-refractivity contribution in [3.8, 4) is 0 Å². The van der Waals surface area contributed by atoms with E-state index in [0.29, 0.717) is 29.5 Å². The molecule has 5 saturated carbocycles. The van der Waals surface area contributed by atoms with E-state index in [4.69, 9.17) is 0 Å². The lowest BCUT2D eigenvalue weighted by atomic mass is 9.82. The monoisotopic (exact) mass is 1260 g/mol. The highest BCUT2D eigenvalue weighted by atomic mass is 16.2. The zero-order chi connectivity index (χ0) is 64.8. The molecule has 10 heteroatoms. The van der Waals surface area contributed by atoms with E-state index < -0.39 is 0 Å². The smallest absolute Gasteiger partial charge is 0.222 e. The van der Waals surface area contributed by atoms with Gasteiger partial charge in [0.1, 0.15) is 0 Å². The molecule has 0 bridgehead atoms. The van der Waals surface area contributed by atoms with Crippen LogP contribution in [0.5, 0.6) is 0 Å². The number of nitrogens with zero attached hydrogens (tertiary/aromatic N) is 5. The lowest BCUT2D eigenvalue weighted by Crippen LogP contribution is -2.39. The topological polar surface area (TPSA) is 102 Å². The number of piperidine rings is 5. The second-order valence-corrected chi connectivity index (χ2v) is 33.3.